The second-order valence-corrected chi connectivity index (χ2v) is 9.65. The van der Waals surface area contributed by atoms with E-state index in [2.05, 4.69) is 0 Å². The van der Waals surface area contributed by atoms with Crippen molar-refractivity contribution in [2.24, 2.45) is 0 Å². The van der Waals surface area contributed by atoms with Gasteiger partial charge in [0.2, 0.25) is 5.91 Å². The molecule has 0 spiro atoms. The first-order valence-corrected chi connectivity index (χ1v) is 11.7. The van der Waals surface area contributed by atoms with Crippen molar-refractivity contribution in [3.05, 3.63) is 66.6 Å². The van der Waals surface area contributed by atoms with E-state index in [-0.39, 0.29) is 28.5 Å². The summed E-state index contributed by atoms with van der Waals surface area (Å²) < 4.78 is 28.8. The van der Waals surface area contributed by atoms with E-state index in [4.69, 9.17) is 4.42 Å². The highest BCUT2D eigenvalue weighted by molar-refractivity contribution is 7.90. The lowest BCUT2D eigenvalue weighted by Crippen LogP contribution is -2.51. The van der Waals surface area contributed by atoms with Crippen molar-refractivity contribution in [2.45, 2.75) is 24.8 Å². The Morgan fingerprint density at radius 3 is 2.26 bits per heavy atom. The number of carbonyl (C=O) groups excluding carboxylic acids is 2. The number of sulfone groups is 1. The molecule has 31 heavy (non-hydrogen) atoms. The highest BCUT2D eigenvalue weighted by Crippen LogP contribution is 2.39. The average Bonchev–Trinajstić information content (AvgIpc) is 3.26. The molecule has 0 radical (unpaired) electrons. The minimum absolute atomic E-state index is 0.107. The van der Waals surface area contributed by atoms with Gasteiger partial charge in [0, 0.05) is 19.7 Å². The SMILES string of the molecule is CC(=O)N1c2ccc(-c3ccc(S(C)(=O)=O)cc3)cc2N(C(=O)c2ccco2)CC1C. The van der Waals surface area contributed by atoms with E-state index < -0.39 is 9.84 Å². The number of carbonyl (C=O) groups is 2. The predicted octanol–water partition coefficient (Wildman–Crippen LogP) is 3.75. The molecule has 1 atom stereocenters. The maximum absolute atomic E-state index is 13.1. The molecular weight excluding hydrogens is 416 g/mol. The molecule has 4 rings (SSSR count). The number of amides is 2. The van der Waals surface area contributed by atoms with Crippen molar-refractivity contribution in [2.75, 3.05) is 22.6 Å². The van der Waals surface area contributed by atoms with Crippen molar-refractivity contribution in [1.82, 2.24) is 0 Å². The number of furan rings is 1. The van der Waals surface area contributed by atoms with Gasteiger partial charge in [0.1, 0.15) is 0 Å². The third kappa shape index (κ3) is 3.86. The summed E-state index contributed by atoms with van der Waals surface area (Å²) >= 11 is 0. The van der Waals surface area contributed by atoms with Gasteiger partial charge in [-0.3, -0.25) is 9.59 Å². The van der Waals surface area contributed by atoms with Gasteiger partial charge in [-0.2, -0.15) is 0 Å². The van der Waals surface area contributed by atoms with Crippen molar-refractivity contribution < 1.29 is 22.4 Å². The highest BCUT2D eigenvalue weighted by Gasteiger charge is 2.35. The van der Waals surface area contributed by atoms with Gasteiger partial charge in [-0.15, -0.1) is 0 Å². The second kappa shape index (κ2) is 7.70. The van der Waals surface area contributed by atoms with E-state index in [9.17, 15) is 18.0 Å². The number of fused-ring (bicyclic) bond motifs is 1. The Bertz CT molecular complexity index is 1250. The van der Waals surface area contributed by atoms with Crippen LogP contribution < -0.4 is 9.80 Å². The molecule has 2 aromatic carbocycles. The first-order chi connectivity index (χ1) is 14.7. The van der Waals surface area contributed by atoms with Crippen LogP contribution in [0, 0.1) is 0 Å². The van der Waals surface area contributed by atoms with Crippen LogP contribution in [0.3, 0.4) is 0 Å². The molecule has 0 saturated carbocycles. The highest BCUT2D eigenvalue weighted by atomic mass is 32.2. The number of nitrogens with zero attached hydrogens (tertiary/aromatic N) is 2. The summed E-state index contributed by atoms with van der Waals surface area (Å²) in [5.41, 5.74) is 2.84. The number of benzene rings is 2. The summed E-state index contributed by atoms with van der Waals surface area (Å²) in [5, 5.41) is 0. The summed E-state index contributed by atoms with van der Waals surface area (Å²) in [5.74, 6) is -0.174. The number of hydrogen-bond donors (Lipinski definition) is 0. The largest absolute Gasteiger partial charge is 0.459 e. The molecule has 0 aliphatic carbocycles. The molecule has 7 nitrogen and oxygen atoms in total. The zero-order chi connectivity index (χ0) is 22.3. The summed E-state index contributed by atoms with van der Waals surface area (Å²) in [6, 6.07) is 15.1. The summed E-state index contributed by atoms with van der Waals surface area (Å²) in [7, 11) is -3.29. The lowest BCUT2D eigenvalue weighted by Gasteiger charge is -2.40. The molecule has 3 aromatic rings. The molecule has 1 aliphatic rings. The molecule has 1 aromatic heterocycles. The Morgan fingerprint density at radius 1 is 1.00 bits per heavy atom. The predicted molar refractivity (Wildman–Crippen MR) is 118 cm³/mol. The van der Waals surface area contributed by atoms with Crippen LogP contribution in [0.2, 0.25) is 0 Å². The topological polar surface area (TPSA) is 87.9 Å². The van der Waals surface area contributed by atoms with E-state index >= 15 is 0 Å². The molecular formula is C23H22N2O5S. The Balaban J connectivity index is 1.81. The Hall–Kier alpha value is -3.39. The van der Waals surface area contributed by atoms with Crippen molar-refractivity contribution in [1.29, 1.82) is 0 Å². The first-order valence-electron chi connectivity index (χ1n) is 9.76. The maximum atomic E-state index is 13.1. The zero-order valence-corrected chi connectivity index (χ0v) is 18.2. The third-order valence-electron chi connectivity index (χ3n) is 5.35. The molecule has 2 amide bonds. The van der Waals surface area contributed by atoms with Gasteiger partial charge in [-0.25, -0.2) is 8.42 Å². The molecule has 1 unspecified atom stereocenters. The van der Waals surface area contributed by atoms with Gasteiger partial charge < -0.3 is 14.2 Å². The van der Waals surface area contributed by atoms with Gasteiger partial charge >= 0.3 is 0 Å². The van der Waals surface area contributed by atoms with Crippen LogP contribution in [0.4, 0.5) is 11.4 Å². The lowest BCUT2D eigenvalue weighted by molar-refractivity contribution is -0.117. The number of rotatable bonds is 3. The van der Waals surface area contributed by atoms with Crippen LogP contribution in [0.15, 0.2) is 70.2 Å². The molecule has 2 heterocycles. The van der Waals surface area contributed by atoms with E-state index in [1.807, 2.05) is 25.1 Å². The fourth-order valence-corrected chi connectivity index (χ4v) is 4.54. The van der Waals surface area contributed by atoms with Crippen molar-refractivity contribution in [3.63, 3.8) is 0 Å². The smallest absolute Gasteiger partial charge is 0.294 e. The maximum Gasteiger partial charge on any atom is 0.294 e. The molecule has 0 fully saturated rings. The van der Waals surface area contributed by atoms with Crippen LogP contribution in [-0.4, -0.2) is 39.1 Å². The quantitative estimate of drug-likeness (QED) is 0.621. The minimum Gasteiger partial charge on any atom is -0.459 e. The van der Waals surface area contributed by atoms with Gasteiger partial charge in [-0.05, 0) is 54.4 Å². The molecule has 0 N–H and O–H groups in total. The Morgan fingerprint density at radius 2 is 1.68 bits per heavy atom. The molecule has 0 saturated heterocycles. The van der Waals surface area contributed by atoms with E-state index in [1.54, 1.807) is 46.2 Å². The lowest BCUT2D eigenvalue weighted by atomic mass is 10.0. The Labute approximate surface area is 180 Å². The summed E-state index contributed by atoms with van der Waals surface area (Å²) in [6.07, 6.45) is 2.61. The van der Waals surface area contributed by atoms with Crippen LogP contribution in [0.5, 0.6) is 0 Å². The summed E-state index contributed by atoms with van der Waals surface area (Å²) in [6.45, 7) is 3.72. The van der Waals surface area contributed by atoms with Crippen molar-refractivity contribution in [3.8, 4) is 11.1 Å². The van der Waals surface area contributed by atoms with Gasteiger partial charge in [0.25, 0.3) is 5.91 Å². The standard InChI is InChI=1S/C23H22N2O5S/c1-15-14-24(23(27)22-5-4-12-30-22)21-13-18(8-11-20(21)25(15)16(2)26)17-6-9-19(10-7-17)31(3,28)29/h4-13,15H,14H2,1-3H3. The fraction of sp³-hybridized carbons (Fsp3) is 0.217. The molecule has 0 bridgehead atoms. The molecule has 8 heteroatoms. The van der Waals surface area contributed by atoms with E-state index in [1.165, 1.54) is 13.2 Å². The van der Waals surface area contributed by atoms with E-state index in [0.29, 0.717) is 17.9 Å². The van der Waals surface area contributed by atoms with Crippen LogP contribution in [0.25, 0.3) is 11.1 Å². The minimum atomic E-state index is -3.29. The zero-order valence-electron chi connectivity index (χ0n) is 17.4. The van der Waals surface area contributed by atoms with Crippen LogP contribution in [0.1, 0.15) is 24.4 Å². The summed E-state index contributed by atoms with van der Waals surface area (Å²) in [4.78, 5) is 29.0. The van der Waals surface area contributed by atoms with Gasteiger partial charge in [0.15, 0.2) is 15.6 Å². The Kier molecular flexibility index (Phi) is 5.18. The fourth-order valence-electron chi connectivity index (χ4n) is 3.90. The molecule has 160 valence electrons. The van der Waals surface area contributed by atoms with Crippen LogP contribution in [-0.2, 0) is 14.6 Å². The normalized spacial score (nSPS) is 16.2. The van der Waals surface area contributed by atoms with Crippen molar-refractivity contribution >= 4 is 33.0 Å². The van der Waals surface area contributed by atoms with Crippen LogP contribution >= 0.6 is 0 Å². The van der Waals surface area contributed by atoms with E-state index in [0.717, 1.165) is 17.4 Å². The first kappa shape index (κ1) is 20.9. The average molecular weight is 439 g/mol. The van der Waals surface area contributed by atoms with Gasteiger partial charge in [-0.1, -0.05) is 18.2 Å². The number of anilines is 2. The number of hydrogen-bond acceptors (Lipinski definition) is 5. The van der Waals surface area contributed by atoms with Gasteiger partial charge in [0.05, 0.1) is 28.6 Å². The monoisotopic (exact) mass is 438 g/mol. The third-order valence-corrected chi connectivity index (χ3v) is 6.47. The second-order valence-electron chi connectivity index (χ2n) is 7.63. The molecule has 1 aliphatic heterocycles.